The van der Waals surface area contributed by atoms with Crippen LogP contribution in [-0.2, 0) is 11.3 Å². The molecule has 1 unspecified atom stereocenters. The van der Waals surface area contributed by atoms with Crippen molar-refractivity contribution < 1.29 is 9.53 Å². The Balaban J connectivity index is 1.60. The summed E-state index contributed by atoms with van der Waals surface area (Å²) in [6.45, 7) is 4.32. The molecule has 4 rings (SSSR count). The third kappa shape index (κ3) is 3.05. The van der Waals surface area contributed by atoms with Crippen LogP contribution in [0.15, 0.2) is 47.3 Å². The van der Waals surface area contributed by atoms with E-state index in [1.54, 1.807) is 54.1 Å². The minimum absolute atomic E-state index is 0.268. The van der Waals surface area contributed by atoms with Crippen molar-refractivity contribution in [1.29, 1.82) is 0 Å². The van der Waals surface area contributed by atoms with Gasteiger partial charge in [0.15, 0.2) is 11.9 Å². The van der Waals surface area contributed by atoms with Crippen LogP contribution in [0.1, 0.15) is 36.1 Å². The van der Waals surface area contributed by atoms with Crippen LogP contribution in [-0.4, -0.2) is 30.9 Å². The van der Waals surface area contributed by atoms with Gasteiger partial charge in [-0.25, -0.2) is 14.5 Å². The van der Waals surface area contributed by atoms with Crippen LogP contribution in [0, 0.1) is 0 Å². The van der Waals surface area contributed by atoms with Gasteiger partial charge in [0.05, 0.1) is 22.0 Å². The number of para-hydroxylation sites is 1. The summed E-state index contributed by atoms with van der Waals surface area (Å²) in [5.41, 5.74) is 2.12. The van der Waals surface area contributed by atoms with Crippen LogP contribution in [0.4, 0.5) is 0 Å². The van der Waals surface area contributed by atoms with E-state index in [9.17, 15) is 9.59 Å². The summed E-state index contributed by atoms with van der Waals surface area (Å²) in [5, 5.41) is 8.58. The molecular weight excluding hydrogens is 346 g/mol. The molecule has 0 aliphatic rings. The van der Waals surface area contributed by atoms with Gasteiger partial charge in [-0.3, -0.25) is 4.79 Å². The number of ether oxygens (including phenoxy) is 1. The largest absolute Gasteiger partial charge is 0.451 e. The summed E-state index contributed by atoms with van der Waals surface area (Å²) >= 11 is 0. The van der Waals surface area contributed by atoms with E-state index < -0.39 is 12.1 Å². The van der Waals surface area contributed by atoms with Crippen molar-refractivity contribution in [3.8, 4) is 0 Å². The maximum atomic E-state index is 12.5. The van der Waals surface area contributed by atoms with Gasteiger partial charge in [-0.1, -0.05) is 17.3 Å². The number of benzene rings is 2. The first kappa shape index (κ1) is 16.9. The Morgan fingerprint density at radius 2 is 2.04 bits per heavy atom. The highest BCUT2D eigenvalue weighted by molar-refractivity contribution is 5.93. The summed E-state index contributed by atoms with van der Waals surface area (Å²) in [6.07, 6.45) is -0.711. The average molecular weight is 363 g/mol. The molecule has 1 N–H and O–H groups in total. The number of H-pyrrole nitrogens is 1. The van der Waals surface area contributed by atoms with E-state index >= 15 is 0 Å². The smallest absolute Gasteiger partial charge is 0.338 e. The number of hydrogen-bond acceptors (Lipinski definition) is 6. The second-order valence-corrected chi connectivity index (χ2v) is 6.12. The number of carbonyl (C=O) groups excluding carboxylic acids is 1. The van der Waals surface area contributed by atoms with Crippen LogP contribution in [0.2, 0.25) is 0 Å². The van der Waals surface area contributed by atoms with Gasteiger partial charge in [-0.15, -0.1) is 5.10 Å². The van der Waals surface area contributed by atoms with Gasteiger partial charge in [0, 0.05) is 6.54 Å². The van der Waals surface area contributed by atoms with Crippen molar-refractivity contribution >= 4 is 27.9 Å². The zero-order chi connectivity index (χ0) is 19.0. The molecule has 0 aliphatic heterocycles. The van der Waals surface area contributed by atoms with Crippen molar-refractivity contribution in [2.45, 2.75) is 26.5 Å². The van der Waals surface area contributed by atoms with Gasteiger partial charge >= 0.3 is 5.97 Å². The number of nitrogens with one attached hydrogen (secondary N) is 1. The lowest BCUT2D eigenvalue weighted by molar-refractivity contribution is 0.0320. The Bertz CT molecular complexity index is 1210. The molecule has 2 aromatic carbocycles. The molecule has 0 bridgehead atoms. The van der Waals surface area contributed by atoms with Crippen molar-refractivity contribution in [1.82, 2.24) is 25.0 Å². The minimum Gasteiger partial charge on any atom is -0.451 e. The first-order valence-electron chi connectivity index (χ1n) is 8.60. The number of hydrogen-bond donors (Lipinski definition) is 1. The van der Waals surface area contributed by atoms with Gasteiger partial charge in [-0.2, -0.15) is 0 Å². The van der Waals surface area contributed by atoms with Crippen molar-refractivity contribution in [2.75, 3.05) is 0 Å². The molecule has 136 valence electrons. The number of aromatic nitrogens is 5. The van der Waals surface area contributed by atoms with Crippen LogP contribution in [0.25, 0.3) is 21.9 Å². The van der Waals surface area contributed by atoms with E-state index in [-0.39, 0.29) is 5.56 Å². The van der Waals surface area contributed by atoms with Gasteiger partial charge in [0.2, 0.25) is 0 Å². The summed E-state index contributed by atoms with van der Waals surface area (Å²) in [4.78, 5) is 31.7. The highest BCUT2D eigenvalue weighted by Gasteiger charge is 2.18. The monoisotopic (exact) mass is 363 g/mol. The van der Waals surface area contributed by atoms with Crippen molar-refractivity contribution in [3.05, 3.63) is 64.2 Å². The van der Waals surface area contributed by atoms with Gasteiger partial charge < -0.3 is 9.72 Å². The second kappa shape index (κ2) is 6.64. The minimum atomic E-state index is -0.711. The molecule has 0 amide bonds. The number of esters is 1. The van der Waals surface area contributed by atoms with E-state index in [2.05, 4.69) is 20.3 Å². The zero-order valence-corrected chi connectivity index (χ0v) is 14.8. The van der Waals surface area contributed by atoms with E-state index in [1.165, 1.54) is 0 Å². The first-order valence-corrected chi connectivity index (χ1v) is 8.60. The molecule has 0 aliphatic carbocycles. The van der Waals surface area contributed by atoms with Crippen molar-refractivity contribution in [2.24, 2.45) is 0 Å². The molecular formula is C19H17N5O3. The third-order valence-electron chi connectivity index (χ3n) is 4.35. The number of aryl methyl sites for hydroxylation is 1. The Kier molecular flexibility index (Phi) is 4.15. The first-order chi connectivity index (χ1) is 13.1. The quantitative estimate of drug-likeness (QED) is 0.559. The van der Waals surface area contributed by atoms with Gasteiger partial charge in [0.25, 0.3) is 5.56 Å². The lowest BCUT2D eigenvalue weighted by Crippen LogP contribution is -2.17. The number of nitrogens with zero attached hydrogens (tertiary/aromatic N) is 4. The molecule has 4 aromatic rings. The van der Waals surface area contributed by atoms with Crippen LogP contribution in [0.5, 0.6) is 0 Å². The van der Waals surface area contributed by atoms with E-state index in [0.29, 0.717) is 34.4 Å². The molecule has 1 atom stereocenters. The SMILES string of the molecule is CCn1nnc2cc(C(=O)OC(C)c3nc4ccccc4c(=O)[nH]3)ccc21. The predicted molar refractivity (Wildman–Crippen MR) is 99.4 cm³/mol. The molecule has 8 nitrogen and oxygen atoms in total. The fourth-order valence-corrected chi connectivity index (χ4v) is 2.91. The van der Waals surface area contributed by atoms with E-state index in [1.807, 2.05) is 6.92 Å². The normalized spacial score (nSPS) is 12.4. The Morgan fingerprint density at radius 1 is 1.22 bits per heavy atom. The Labute approximate surface area is 153 Å². The zero-order valence-electron chi connectivity index (χ0n) is 14.8. The fraction of sp³-hybridized carbons (Fsp3) is 0.211. The maximum absolute atomic E-state index is 12.5. The number of aromatic amines is 1. The molecule has 0 spiro atoms. The lowest BCUT2D eigenvalue weighted by Gasteiger charge is -2.13. The number of rotatable bonds is 4. The highest BCUT2D eigenvalue weighted by Crippen LogP contribution is 2.19. The molecule has 27 heavy (non-hydrogen) atoms. The predicted octanol–water partition coefficient (Wildman–Crippen LogP) is 2.61. The Morgan fingerprint density at radius 3 is 2.85 bits per heavy atom. The molecule has 8 heteroatoms. The van der Waals surface area contributed by atoms with Crippen LogP contribution < -0.4 is 5.56 Å². The fourth-order valence-electron chi connectivity index (χ4n) is 2.91. The summed E-state index contributed by atoms with van der Waals surface area (Å²) in [5.74, 6) is -0.226. The molecule has 0 fully saturated rings. The summed E-state index contributed by atoms with van der Waals surface area (Å²) < 4.78 is 7.23. The molecule has 2 aromatic heterocycles. The van der Waals surface area contributed by atoms with Gasteiger partial charge in [0.1, 0.15) is 5.52 Å². The highest BCUT2D eigenvalue weighted by atomic mass is 16.5. The maximum Gasteiger partial charge on any atom is 0.338 e. The third-order valence-corrected chi connectivity index (χ3v) is 4.35. The summed E-state index contributed by atoms with van der Waals surface area (Å²) in [7, 11) is 0. The van der Waals surface area contributed by atoms with Crippen molar-refractivity contribution in [3.63, 3.8) is 0 Å². The Hall–Kier alpha value is -3.55. The molecule has 2 heterocycles. The van der Waals surface area contributed by atoms with E-state index in [4.69, 9.17) is 4.74 Å². The average Bonchev–Trinajstić information content (AvgIpc) is 3.10. The molecule has 0 saturated heterocycles. The molecule has 0 saturated carbocycles. The topological polar surface area (TPSA) is 103 Å². The van der Waals surface area contributed by atoms with E-state index in [0.717, 1.165) is 5.52 Å². The van der Waals surface area contributed by atoms with Crippen LogP contribution in [0.3, 0.4) is 0 Å². The molecule has 0 radical (unpaired) electrons. The number of carbonyl (C=O) groups is 1. The van der Waals surface area contributed by atoms with Gasteiger partial charge in [-0.05, 0) is 44.2 Å². The second-order valence-electron chi connectivity index (χ2n) is 6.12. The van der Waals surface area contributed by atoms with Crippen LogP contribution >= 0.6 is 0 Å². The number of fused-ring (bicyclic) bond motifs is 2. The standard InChI is InChI=1S/C19H17N5O3/c1-3-24-16-9-8-12(10-15(16)22-23-24)19(26)27-11(2)17-20-14-7-5-4-6-13(14)18(25)21-17/h4-11H,3H2,1-2H3,(H,20,21,25). The summed E-state index contributed by atoms with van der Waals surface area (Å²) in [6, 6.07) is 12.1. The lowest BCUT2D eigenvalue weighted by atomic mass is 10.2.